The molecule has 0 aromatic heterocycles. The lowest BCUT2D eigenvalue weighted by molar-refractivity contribution is -0.384. The van der Waals surface area contributed by atoms with Crippen LogP contribution < -0.4 is 0 Å². The van der Waals surface area contributed by atoms with E-state index < -0.39 is 4.92 Å². The molecular formula is C13H17NO5. The average Bonchev–Trinajstić information content (AvgIpc) is 2.42. The number of non-ortho nitro benzene ring substituents is 1. The number of nitrogens with zero attached hydrogens (tertiary/aromatic N) is 1. The molecule has 19 heavy (non-hydrogen) atoms. The van der Waals surface area contributed by atoms with Crippen molar-refractivity contribution in [2.45, 2.75) is 20.0 Å². The number of carbonyl (C=O) groups is 1. The Morgan fingerprint density at radius 2 is 2.00 bits per heavy atom. The van der Waals surface area contributed by atoms with E-state index >= 15 is 0 Å². The molecule has 1 aromatic rings. The maximum Gasteiger partial charge on any atom is 0.308 e. The number of rotatable bonds is 7. The highest BCUT2D eigenvalue weighted by atomic mass is 16.6. The summed E-state index contributed by atoms with van der Waals surface area (Å²) in [6.07, 6.45) is 0.583. The highest BCUT2D eigenvalue weighted by Crippen LogP contribution is 2.13. The van der Waals surface area contributed by atoms with Crippen LogP contribution in [0.4, 0.5) is 5.69 Å². The second kappa shape index (κ2) is 7.48. The van der Waals surface area contributed by atoms with Gasteiger partial charge in [-0.1, -0.05) is 6.92 Å². The fourth-order valence-electron chi connectivity index (χ4n) is 1.48. The van der Waals surface area contributed by atoms with E-state index in [-0.39, 0.29) is 17.6 Å². The Morgan fingerprint density at radius 3 is 2.53 bits per heavy atom. The van der Waals surface area contributed by atoms with Crippen molar-refractivity contribution in [2.24, 2.45) is 5.92 Å². The maximum absolute atomic E-state index is 11.1. The molecule has 1 unspecified atom stereocenters. The smallest absolute Gasteiger partial charge is 0.308 e. The first-order valence-corrected chi connectivity index (χ1v) is 5.93. The van der Waals surface area contributed by atoms with Gasteiger partial charge in [-0.25, -0.2) is 0 Å². The van der Waals surface area contributed by atoms with Crippen LogP contribution >= 0.6 is 0 Å². The van der Waals surface area contributed by atoms with Crippen molar-refractivity contribution >= 4 is 11.7 Å². The van der Waals surface area contributed by atoms with Gasteiger partial charge in [0.1, 0.15) is 0 Å². The van der Waals surface area contributed by atoms with Crippen LogP contribution in [0, 0.1) is 16.0 Å². The van der Waals surface area contributed by atoms with Gasteiger partial charge < -0.3 is 9.47 Å². The van der Waals surface area contributed by atoms with Gasteiger partial charge in [0.15, 0.2) is 0 Å². The summed E-state index contributed by atoms with van der Waals surface area (Å²) >= 11 is 0. The third-order valence-electron chi connectivity index (χ3n) is 2.71. The zero-order chi connectivity index (χ0) is 14.3. The van der Waals surface area contributed by atoms with E-state index in [4.69, 9.17) is 4.74 Å². The summed E-state index contributed by atoms with van der Waals surface area (Å²) in [7, 11) is 1.36. The third kappa shape index (κ3) is 5.05. The predicted octanol–water partition coefficient (Wildman–Crippen LogP) is 2.31. The van der Waals surface area contributed by atoms with Gasteiger partial charge in [0, 0.05) is 18.7 Å². The molecule has 6 nitrogen and oxygen atoms in total. The van der Waals surface area contributed by atoms with E-state index in [9.17, 15) is 14.9 Å². The molecule has 0 bridgehead atoms. The highest BCUT2D eigenvalue weighted by Gasteiger charge is 2.12. The molecule has 1 aromatic carbocycles. The fourth-order valence-corrected chi connectivity index (χ4v) is 1.48. The normalized spacial score (nSPS) is 11.9. The molecule has 104 valence electrons. The molecule has 0 N–H and O–H groups in total. The predicted molar refractivity (Wildman–Crippen MR) is 68.5 cm³/mol. The Kier molecular flexibility index (Phi) is 5.95. The Hall–Kier alpha value is -1.95. The van der Waals surface area contributed by atoms with Crippen LogP contribution in [-0.2, 0) is 20.9 Å². The topological polar surface area (TPSA) is 78.7 Å². The van der Waals surface area contributed by atoms with Gasteiger partial charge in [-0.05, 0) is 24.1 Å². The Labute approximate surface area is 111 Å². The number of carbonyl (C=O) groups excluding carboxylic acids is 1. The number of methoxy groups -OCH3 is 1. The van der Waals surface area contributed by atoms with Crippen molar-refractivity contribution in [1.29, 1.82) is 0 Å². The number of hydrogen-bond donors (Lipinski definition) is 0. The van der Waals surface area contributed by atoms with Crippen molar-refractivity contribution < 1.29 is 19.2 Å². The van der Waals surface area contributed by atoms with E-state index in [1.807, 2.05) is 0 Å². The first-order chi connectivity index (χ1) is 9.04. The van der Waals surface area contributed by atoms with Crippen LogP contribution in [0.1, 0.15) is 18.9 Å². The summed E-state index contributed by atoms with van der Waals surface area (Å²) in [4.78, 5) is 21.2. The maximum atomic E-state index is 11.1. The molecule has 0 aliphatic carbocycles. The van der Waals surface area contributed by atoms with Crippen LogP contribution in [0.25, 0.3) is 0 Å². The molecule has 0 heterocycles. The van der Waals surface area contributed by atoms with Gasteiger partial charge in [-0.2, -0.15) is 0 Å². The van der Waals surface area contributed by atoms with Crippen LogP contribution in [0.5, 0.6) is 0 Å². The standard InChI is InChI=1S/C13H17NO5/c1-10(13(15)18-2)7-8-19-9-11-3-5-12(6-4-11)14(16)17/h3-6,10H,7-9H2,1-2H3. The van der Waals surface area contributed by atoms with Gasteiger partial charge in [-0.15, -0.1) is 0 Å². The zero-order valence-electron chi connectivity index (χ0n) is 11.0. The number of hydrogen-bond acceptors (Lipinski definition) is 5. The van der Waals surface area contributed by atoms with Crippen molar-refractivity contribution in [2.75, 3.05) is 13.7 Å². The Balaban J connectivity index is 2.29. The Bertz CT molecular complexity index is 429. The van der Waals surface area contributed by atoms with E-state index in [0.717, 1.165) is 5.56 Å². The largest absolute Gasteiger partial charge is 0.469 e. The summed E-state index contributed by atoms with van der Waals surface area (Å²) in [6.45, 7) is 2.58. The summed E-state index contributed by atoms with van der Waals surface area (Å²) in [5, 5.41) is 10.5. The second-order valence-electron chi connectivity index (χ2n) is 4.19. The van der Waals surface area contributed by atoms with E-state index in [0.29, 0.717) is 19.6 Å². The minimum Gasteiger partial charge on any atom is -0.469 e. The van der Waals surface area contributed by atoms with Crippen LogP contribution in [0.15, 0.2) is 24.3 Å². The summed E-state index contributed by atoms with van der Waals surface area (Å²) in [5.41, 5.74) is 0.916. The molecule has 0 fully saturated rings. The van der Waals surface area contributed by atoms with Gasteiger partial charge in [-0.3, -0.25) is 14.9 Å². The number of ether oxygens (including phenoxy) is 2. The molecule has 0 radical (unpaired) electrons. The fraction of sp³-hybridized carbons (Fsp3) is 0.462. The number of nitro benzene ring substituents is 1. The number of benzene rings is 1. The molecule has 0 saturated heterocycles. The van der Waals surface area contributed by atoms with Crippen LogP contribution in [0.2, 0.25) is 0 Å². The molecule has 0 aliphatic rings. The van der Waals surface area contributed by atoms with E-state index in [1.54, 1.807) is 19.1 Å². The molecule has 0 spiro atoms. The molecule has 1 rings (SSSR count). The molecule has 1 atom stereocenters. The number of nitro groups is 1. The van der Waals surface area contributed by atoms with Crippen molar-refractivity contribution in [1.82, 2.24) is 0 Å². The van der Waals surface area contributed by atoms with Gasteiger partial charge in [0.2, 0.25) is 0 Å². The molecule has 0 saturated carbocycles. The lowest BCUT2D eigenvalue weighted by atomic mass is 10.1. The average molecular weight is 267 g/mol. The molecule has 0 amide bonds. The first kappa shape index (κ1) is 15.1. The lowest BCUT2D eigenvalue weighted by Crippen LogP contribution is -2.14. The minimum atomic E-state index is -0.442. The highest BCUT2D eigenvalue weighted by molar-refractivity contribution is 5.71. The monoisotopic (exact) mass is 267 g/mol. The summed E-state index contributed by atoms with van der Waals surface area (Å²) < 4.78 is 10.0. The lowest BCUT2D eigenvalue weighted by Gasteiger charge is -2.09. The SMILES string of the molecule is COC(=O)C(C)CCOCc1ccc([N+](=O)[O-])cc1. The van der Waals surface area contributed by atoms with Gasteiger partial charge >= 0.3 is 5.97 Å². The summed E-state index contributed by atoms with van der Waals surface area (Å²) in [5.74, 6) is -0.444. The van der Waals surface area contributed by atoms with Crippen molar-refractivity contribution in [3.05, 3.63) is 39.9 Å². The quantitative estimate of drug-likeness (QED) is 0.328. The summed E-state index contributed by atoms with van der Waals surface area (Å²) in [6, 6.07) is 6.19. The van der Waals surface area contributed by atoms with Gasteiger partial charge in [0.25, 0.3) is 5.69 Å². The van der Waals surface area contributed by atoms with E-state index in [1.165, 1.54) is 19.2 Å². The van der Waals surface area contributed by atoms with Crippen LogP contribution in [0.3, 0.4) is 0 Å². The second-order valence-corrected chi connectivity index (χ2v) is 4.19. The first-order valence-electron chi connectivity index (χ1n) is 5.93. The molecular weight excluding hydrogens is 250 g/mol. The third-order valence-corrected chi connectivity index (χ3v) is 2.71. The molecule has 0 aliphatic heterocycles. The Morgan fingerprint density at radius 1 is 1.37 bits per heavy atom. The van der Waals surface area contributed by atoms with E-state index in [2.05, 4.69) is 4.74 Å². The zero-order valence-corrected chi connectivity index (χ0v) is 11.0. The van der Waals surface area contributed by atoms with Gasteiger partial charge in [0.05, 0.1) is 24.6 Å². The molecule has 6 heteroatoms. The van der Waals surface area contributed by atoms with Crippen LogP contribution in [-0.4, -0.2) is 24.6 Å². The number of esters is 1. The minimum absolute atomic E-state index is 0.0584. The van der Waals surface area contributed by atoms with Crippen molar-refractivity contribution in [3.63, 3.8) is 0 Å². The van der Waals surface area contributed by atoms with Crippen molar-refractivity contribution in [3.8, 4) is 0 Å².